The molecule has 0 spiro atoms. The highest BCUT2D eigenvalue weighted by molar-refractivity contribution is 5.86. The van der Waals surface area contributed by atoms with Crippen molar-refractivity contribution >= 4 is 85.5 Å². The maximum atomic E-state index is 15.1. The van der Waals surface area contributed by atoms with Gasteiger partial charge in [0.25, 0.3) is 0 Å². The minimum atomic E-state index is -0.640. The average molecular weight is 1520 g/mol. The number of β-amino-alcohol motifs (C(OH)–C–C–N with tert-alkyl or cyclic N) is 2. The summed E-state index contributed by atoms with van der Waals surface area (Å²) in [5, 5.41) is 30.7. The first-order valence-electron chi connectivity index (χ1n) is 37.6. The van der Waals surface area contributed by atoms with Gasteiger partial charge in [-0.3, -0.25) is 9.80 Å². The van der Waals surface area contributed by atoms with Gasteiger partial charge in [0.2, 0.25) is 17.8 Å². The molecule has 18 rings (SSSR count). The van der Waals surface area contributed by atoms with Gasteiger partial charge in [-0.1, -0.05) is 0 Å². The van der Waals surface area contributed by atoms with Gasteiger partial charge < -0.3 is 59.9 Å². The van der Waals surface area contributed by atoms with Crippen LogP contribution in [0.5, 0.6) is 0 Å². The molecule has 6 N–H and O–H groups in total. The second kappa shape index (κ2) is 30.3. The number of aliphatic hydroxyl groups excluding tert-OH is 2. The Bertz CT molecular complexity index is 5200. The van der Waals surface area contributed by atoms with E-state index in [2.05, 4.69) is 152 Å². The van der Waals surface area contributed by atoms with E-state index in [-0.39, 0.29) is 64.8 Å². The van der Waals surface area contributed by atoms with Crippen LogP contribution in [0.15, 0.2) is 110 Å². The Kier molecular flexibility index (Phi) is 20.2. The third-order valence-electron chi connectivity index (χ3n) is 21.9. The number of aliphatic hydroxyl groups is 2. The monoisotopic (exact) mass is 1520 g/mol. The van der Waals surface area contributed by atoms with Crippen LogP contribution < -0.4 is 36.0 Å². The zero-order chi connectivity index (χ0) is 77.0. The van der Waals surface area contributed by atoms with Crippen molar-refractivity contribution in [3.63, 3.8) is 0 Å². The van der Waals surface area contributed by atoms with Crippen molar-refractivity contribution in [3.8, 4) is 33.8 Å². The summed E-state index contributed by atoms with van der Waals surface area (Å²) in [5.41, 5.74) is 6.30. The van der Waals surface area contributed by atoms with Crippen LogP contribution in [0.2, 0.25) is 0 Å². The summed E-state index contributed by atoms with van der Waals surface area (Å²) in [6, 6.07) is 20.5. The second-order valence-corrected chi connectivity index (χ2v) is 30.6. The minimum absolute atomic E-state index is 0.00650. The molecular weight excluding hydrogens is 1430 g/mol. The van der Waals surface area contributed by atoms with Gasteiger partial charge in [0.1, 0.15) is 68.6 Å². The maximum Gasteiger partial charge on any atom is 0.229 e. The van der Waals surface area contributed by atoms with Gasteiger partial charge >= 0.3 is 0 Å². The first kappa shape index (κ1) is 74.1. The van der Waals surface area contributed by atoms with E-state index >= 15 is 13.2 Å². The smallest absolute Gasteiger partial charge is 0.229 e. The standard InChI is InChI=1S/2C27H30F2N8O.C25H26F2N8/c2*1-27(2)6-5-23-33-25-19(28)13-17(14-21(25)37(23)27)24-20(29)16-31-26(34-24)32-22-4-3-18(15-30-22)36-9-7-35(8-10-36)11-12-38;1-25(2)6-5-21-32-23-17(26)11-15(12-19(23)35(21)25)22-18(27)14-30-24(33-22)31-20-4-3-16(13-29-20)34-9-7-28-8-10-34/h2*3-4,13-16,38H,5-12H2,1-2H3,(H,30,31,32,34);3-4,11-14,28H,5-10H2,1-2H3,(H,29,30,31,33). The van der Waals surface area contributed by atoms with E-state index in [1.807, 2.05) is 45.5 Å². The molecule has 576 valence electrons. The highest BCUT2D eigenvalue weighted by Crippen LogP contribution is 2.42. The Labute approximate surface area is 636 Å². The van der Waals surface area contributed by atoms with Gasteiger partial charge in [-0.25, -0.2) is 86.2 Å². The van der Waals surface area contributed by atoms with E-state index in [0.29, 0.717) is 80.3 Å². The Morgan fingerprint density at radius 2 is 0.676 bits per heavy atom. The molecule has 15 heterocycles. The molecule has 6 aliphatic heterocycles. The minimum Gasteiger partial charge on any atom is -0.395 e. The second-order valence-electron chi connectivity index (χ2n) is 30.6. The van der Waals surface area contributed by atoms with Crippen molar-refractivity contribution in [2.24, 2.45) is 0 Å². The zero-order valence-electron chi connectivity index (χ0n) is 62.6. The number of halogens is 6. The number of rotatable bonds is 16. The van der Waals surface area contributed by atoms with Crippen LogP contribution in [-0.4, -0.2) is 198 Å². The quantitative estimate of drug-likeness (QED) is 0.0491. The molecule has 0 aliphatic carbocycles. The highest BCUT2D eigenvalue weighted by atomic mass is 19.1. The van der Waals surface area contributed by atoms with Crippen LogP contribution in [0.3, 0.4) is 0 Å². The lowest BCUT2D eigenvalue weighted by atomic mass is 10.0. The van der Waals surface area contributed by atoms with Gasteiger partial charge in [0.05, 0.1) is 84.0 Å². The molecule has 0 atom stereocenters. The summed E-state index contributed by atoms with van der Waals surface area (Å²) in [6.45, 7) is 25.0. The summed E-state index contributed by atoms with van der Waals surface area (Å²) in [5.74, 6) is 1.21. The first-order chi connectivity index (χ1) is 53.5. The SMILES string of the molecule is CC1(C)CCc2nc3c(F)cc(-c4nc(Nc5ccc(N6CCN(CCO)CC6)cn5)ncc4F)cc3n21.CC1(C)CCc2nc3c(F)cc(-c4nc(Nc5ccc(N6CCN(CCO)CC6)cn5)ncc4F)cc3n21.CC1(C)CCc2nc3c(F)cc(-c4nc(Nc5ccc(N6CCNCC6)cn5)ncc4F)cc3n21. The van der Waals surface area contributed by atoms with E-state index in [1.165, 1.54) is 18.2 Å². The molecule has 9 aromatic heterocycles. The van der Waals surface area contributed by atoms with Gasteiger partial charge in [-0.2, -0.15) is 0 Å². The molecule has 6 aliphatic rings. The van der Waals surface area contributed by atoms with Crippen LogP contribution in [0.4, 0.5) is 78.7 Å². The predicted octanol–water partition coefficient (Wildman–Crippen LogP) is 11.4. The summed E-state index contributed by atoms with van der Waals surface area (Å²) in [6.07, 6.45) is 13.7. The van der Waals surface area contributed by atoms with Crippen molar-refractivity contribution in [2.45, 2.75) is 96.7 Å². The first-order valence-corrected chi connectivity index (χ1v) is 37.6. The third-order valence-corrected chi connectivity index (χ3v) is 21.9. The third kappa shape index (κ3) is 15.1. The summed E-state index contributed by atoms with van der Waals surface area (Å²) in [7, 11) is 0. The number of anilines is 9. The van der Waals surface area contributed by atoms with Crippen molar-refractivity contribution in [2.75, 3.05) is 135 Å². The van der Waals surface area contributed by atoms with Crippen molar-refractivity contribution in [1.82, 2.24) is 88.6 Å². The molecule has 26 nitrogen and oxygen atoms in total. The Balaban J connectivity index is 0.000000126. The Hall–Kier alpha value is -11.1. The molecule has 111 heavy (non-hydrogen) atoms. The van der Waals surface area contributed by atoms with E-state index < -0.39 is 34.9 Å². The fraction of sp³-hybridized carbons (Fsp3) is 0.392. The van der Waals surface area contributed by atoms with E-state index in [0.717, 1.165) is 170 Å². The zero-order valence-corrected chi connectivity index (χ0v) is 62.6. The Morgan fingerprint density at radius 1 is 0.369 bits per heavy atom. The summed E-state index contributed by atoms with van der Waals surface area (Å²) < 4.78 is 95.9. The Morgan fingerprint density at radius 3 is 0.964 bits per heavy atom. The molecule has 0 saturated carbocycles. The number of benzene rings is 3. The van der Waals surface area contributed by atoms with Crippen molar-refractivity contribution in [1.29, 1.82) is 0 Å². The van der Waals surface area contributed by atoms with Crippen LogP contribution in [0, 0.1) is 34.9 Å². The largest absolute Gasteiger partial charge is 0.395 e. The van der Waals surface area contributed by atoms with Crippen LogP contribution >= 0.6 is 0 Å². The lowest BCUT2D eigenvalue weighted by Gasteiger charge is -2.35. The number of nitrogens with one attached hydrogen (secondary N) is 4. The highest BCUT2D eigenvalue weighted by Gasteiger charge is 2.37. The number of hydrogen-bond acceptors (Lipinski definition) is 23. The molecule has 0 unspecified atom stereocenters. The normalized spacial score (nSPS) is 17.2. The van der Waals surface area contributed by atoms with Crippen LogP contribution in [0.25, 0.3) is 66.9 Å². The molecule has 0 bridgehead atoms. The molecule has 3 aromatic carbocycles. The lowest BCUT2D eigenvalue weighted by molar-refractivity contribution is 0.188. The van der Waals surface area contributed by atoms with Gasteiger partial charge in [0.15, 0.2) is 34.9 Å². The number of pyridine rings is 3. The molecule has 0 radical (unpaired) electrons. The average Bonchev–Trinajstić information content (AvgIpc) is 1.60. The fourth-order valence-electron chi connectivity index (χ4n) is 15.9. The molecule has 0 amide bonds. The number of aromatic nitrogens is 15. The summed E-state index contributed by atoms with van der Waals surface area (Å²) in [4.78, 5) is 63.4. The molecule has 32 heteroatoms. The number of fused-ring (bicyclic) bond motifs is 9. The number of aryl methyl sites for hydroxylation is 3. The van der Waals surface area contributed by atoms with Gasteiger partial charge in [-0.15, -0.1) is 0 Å². The molecule has 12 aromatic rings. The van der Waals surface area contributed by atoms with Crippen LogP contribution in [0.1, 0.15) is 78.3 Å². The lowest BCUT2D eigenvalue weighted by Crippen LogP contribution is -2.47. The number of imidazole rings is 3. The predicted molar refractivity (Wildman–Crippen MR) is 414 cm³/mol. The van der Waals surface area contributed by atoms with E-state index in [1.54, 1.807) is 36.8 Å². The fourth-order valence-corrected chi connectivity index (χ4v) is 15.9. The topological polar surface area (TPSA) is 274 Å². The van der Waals surface area contributed by atoms with E-state index in [9.17, 15) is 13.2 Å². The molecule has 3 saturated heterocycles. The van der Waals surface area contributed by atoms with E-state index in [4.69, 9.17) is 10.2 Å². The maximum absolute atomic E-state index is 15.1. The molecule has 3 fully saturated rings. The number of nitrogens with zero attached hydrogens (tertiary/aromatic N) is 20. The molecular formula is C79H86F6N24O2. The number of hydrogen-bond donors (Lipinski definition) is 6. The van der Waals surface area contributed by atoms with Crippen molar-refractivity contribution in [3.05, 3.63) is 162 Å². The van der Waals surface area contributed by atoms with Gasteiger partial charge in [0, 0.05) is 144 Å². The number of piperazine rings is 3. The summed E-state index contributed by atoms with van der Waals surface area (Å²) >= 11 is 0. The van der Waals surface area contributed by atoms with Crippen molar-refractivity contribution < 1.29 is 36.6 Å². The van der Waals surface area contributed by atoms with Crippen LogP contribution in [-0.2, 0) is 35.9 Å². The van der Waals surface area contributed by atoms with Gasteiger partial charge in [-0.05, 0) is 134 Å².